The zero-order valence-corrected chi connectivity index (χ0v) is 26.5. The molecule has 0 aliphatic carbocycles. The number of aliphatic hydroxyl groups is 2. The molecule has 7 rings (SSSR count). The normalized spacial score (nSPS) is 19.1. The van der Waals surface area contributed by atoms with E-state index in [1.54, 1.807) is 84.9 Å². The molecule has 48 heavy (non-hydrogen) atoms. The van der Waals surface area contributed by atoms with Crippen molar-refractivity contribution in [2.45, 2.75) is 31.1 Å². The highest BCUT2D eigenvalue weighted by molar-refractivity contribution is 6.42. The Morgan fingerprint density at radius 2 is 1.54 bits per heavy atom. The van der Waals surface area contributed by atoms with Gasteiger partial charge in [0.05, 0.1) is 27.6 Å². The van der Waals surface area contributed by atoms with Crippen molar-refractivity contribution in [1.82, 2.24) is 24.5 Å². The molecule has 4 aromatic carbocycles. The SMILES string of the molecule is NC(=O)c1nnn([C@@H]2O[C@H](Cn3c(-c4ccc(NC(=O)c5ccccc5)cc4)nc4cc(Cl)c(Cl)cc43)[C@@H](O)[C@H]2O)c1-c1ccccc1. The number of benzene rings is 4. The van der Waals surface area contributed by atoms with Crippen molar-refractivity contribution in [1.29, 1.82) is 0 Å². The smallest absolute Gasteiger partial charge is 0.271 e. The van der Waals surface area contributed by atoms with Crippen LogP contribution in [0.3, 0.4) is 0 Å². The molecule has 0 spiro atoms. The predicted molar refractivity (Wildman–Crippen MR) is 179 cm³/mol. The van der Waals surface area contributed by atoms with E-state index in [0.29, 0.717) is 49.3 Å². The molecular weight excluding hydrogens is 657 g/mol. The van der Waals surface area contributed by atoms with Crippen LogP contribution in [-0.4, -0.2) is 64.9 Å². The highest BCUT2D eigenvalue weighted by Crippen LogP contribution is 2.37. The minimum Gasteiger partial charge on any atom is -0.387 e. The number of primary amides is 1. The maximum absolute atomic E-state index is 12.7. The van der Waals surface area contributed by atoms with Crippen molar-refractivity contribution in [3.8, 4) is 22.6 Å². The third kappa shape index (κ3) is 5.80. The molecule has 0 radical (unpaired) electrons. The van der Waals surface area contributed by atoms with Crippen molar-refractivity contribution in [3.63, 3.8) is 0 Å². The van der Waals surface area contributed by atoms with Crippen LogP contribution in [0, 0.1) is 0 Å². The molecular formula is C34H27Cl2N7O5. The Bertz CT molecular complexity index is 2140. The van der Waals surface area contributed by atoms with Gasteiger partial charge in [0.1, 0.15) is 29.8 Å². The molecule has 1 aliphatic heterocycles. The lowest BCUT2D eigenvalue weighted by Crippen LogP contribution is -2.34. The van der Waals surface area contributed by atoms with Gasteiger partial charge in [0.2, 0.25) is 0 Å². The van der Waals surface area contributed by atoms with Crippen LogP contribution in [0.1, 0.15) is 27.1 Å². The average molecular weight is 685 g/mol. The highest BCUT2D eigenvalue weighted by atomic mass is 35.5. The number of nitrogens with zero attached hydrogens (tertiary/aromatic N) is 5. The van der Waals surface area contributed by atoms with E-state index < -0.39 is 30.4 Å². The van der Waals surface area contributed by atoms with Gasteiger partial charge in [0.25, 0.3) is 11.8 Å². The van der Waals surface area contributed by atoms with Crippen molar-refractivity contribution >= 4 is 51.7 Å². The number of rotatable bonds is 8. The molecule has 3 heterocycles. The Labute approximate surface area is 283 Å². The van der Waals surface area contributed by atoms with Gasteiger partial charge in [-0.3, -0.25) is 9.59 Å². The lowest BCUT2D eigenvalue weighted by molar-refractivity contribution is -0.0478. The number of hydrogen-bond acceptors (Lipinski definition) is 8. The van der Waals surface area contributed by atoms with Crippen molar-refractivity contribution < 1.29 is 24.5 Å². The molecule has 0 bridgehead atoms. The minimum absolute atomic E-state index is 0.0308. The fraction of sp³-hybridized carbons (Fsp3) is 0.147. The number of halogens is 2. The second-order valence-electron chi connectivity index (χ2n) is 11.2. The summed E-state index contributed by atoms with van der Waals surface area (Å²) in [6, 6.07) is 28.1. The number of nitrogens with one attached hydrogen (secondary N) is 1. The third-order valence-corrected chi connectivity index (χ3v) is 8.87. The summed E-state index contributed by atoms with van der Waals surface area (Å²) in [5, 5.41) is 34.0. The van der Waals surface area contributed by atoms with Crippen LogP contribution in [0.25, 0.3) is 33.7 Å². The van der Waals surface area contributed by atoms with E-state index in [2.05, 4.69) is 15.6 Å². The molecule has 5 N–H and O–H groups in total. The van der Waals surface area contributed by atoms with Crippen molar-refractivity contribution in [2.24, 2.45) is 5.73 Å². The van der Waals surface area contributed by atoms with E-state index >= 15 is 0 Å². The van der Waals surface area contributed by atoms with Crippen LogP contribution in [0.5, 0.6) is 0 Å². The number of anilines is 1. The molecule has 6 aromatic rings. The zero-order valence-electron chi connectivity index (χ0n) is 24.9. The van der Waals surface area contributed by atoms with E-state index in [0.717, 1.165) is 0 Å². The largest absolute Gasteiger partial charge is 0.387 e. The first-order valence-corrected chi connectivity index (χ1v) is 15.6. The van der Waals surface area contributed by atoms with Crippen molar-refractivity contribution in [2.75, 3.05) is 5.32 Å². The van der Waals surface area contributed by atoms with Gasteiger partial charge in [-0.15, -0.1) is 5.10 Å². The van der Waals surface area contributed by atoms with E-state index in [-0.39, 0.29) is 23.8 Å². The lowest BCUT2D eigenvalue weighted by atomic mass is 10.1. The third-order valence-electron chi connectivity index (χ3n) is 8.14. The lowest BCUT2D eigenvalue weighted by Gasteiger charge is -2.18. The van der Waals surface area contributed by atoms with Crippen LogP contribution in [-0.2, 0) is 11.3 Å². The second kappa shape index (κ2) is 12.8. The first kappa shape index (κ1) is 31.5. The first-order chi connectivity index (χ1) is 23.2. The number of amides is 2. The van der Waals surface area contributed by atoms with E-state index in [1.807, 2.05) is 16.7 Å². The number of carbonyl (C=O) groups is 2. The maximum Gasteiger partial charge on any atom is 0.271 e. The summed E-state index contributed by atoms with van der Waals surface area (Å²) in [5.74, 6) is -0.550. The van der Waals surface area contributed by atoms with E-state index in [9.17, 15) is 19.8 Å². The summed E-state index contributed by atoms with van der Waals surface area (Å²) < 4.78 is 9.32. The van der Waals surface area contributed by atoms with Gasteiger partial charge in [0, 0.05) is 22.4 Å². The van der Waals surface area contributed by atoms with E-state index in [1.165, 1.54) is 4.68 Å². The predicted octanol–water partition coefficient (Wildman–Crippen LogP) is 4.94. The zero-order chi connectivity index (χ0) is 33.5. The van der Waals surface area contributed by atoms with Crippen LogP contribution >= 0.6 is 23.2 Å². The molecule has 1 fully saturated rings. The molecule has 12 nitrogen and oxygen atoms in total. The van der Waals surface area contributed by atoms with Gasteiger partial charge in [-0.25, -0.2) is 9.67 Å². The molecule has 2 aromatic heterocycles. The molecule has 14 heteroatoms. The van der Waals surface area contributed by atoms with Gasteiger partial charge >= 0.3 is 0 Å². The summed E-state index contributed by atoms with van der Waals surface area (Å²) in [6.07, 6.45) is -4.98. The van der Waals surface area contributed by atoms with Gasteiger partial charge in [-0.1, -0.05) is 76.9 Å². The molecule has 4 atom stereocenters. The van der Waals surface area contributed by atoms with Crippen molar-refractivity contribution in [3.05, 3.63) is 118 Å². The topological polar surface area (TPSA) is 170 Å². The number of aromatic nitrogens is 5. The first-order valence-electron chi connectivity index (χ1n) is 14.8. The van der Waals surface area contributed by atoms with Crippen LogP contribution in [0.2, 0.25) is 10.0 Å². The number of carbonyl (C=O) groups excluding carboxylic acids is 2. The summed E-state index contributed by atoms with van der Waals surface area (Å²) >= 11 is 12.8. The maximum atomic E-state index is 12.7. The average Bonchev–Trinajstić information content (AvgIpc) is 3.77. The Morgan fingerprint density at radius 3 is 2.23 bits per heavy atom. The fourth-order valence-corrected chi connectivity index (χ4v) is 6.10. The van der Waals surface area contributed by atoms with Crippen LogP contribution < -0.4 is 11.1 Å². The molecule has 1 aliphatic rings. The monoisotopic (exact) mass is 683 g/mol. The number of aliphatic hydroxyl groups excluding tert-OH is 2. The molecule has 2 amide bonds. The minimum atomic E-state index is -1.44. The van der Waals surface area contributed by atoms with Gasteiger partial charge in [0.15, 0.2) is 11.9 Å². The molecule has 0 unspecified atom stereocenters. The molecule has 0 saturated carbocycles. The molecule has 1 saturated heterocycles. The van der Waals surface area contributed by atoms with Crippen LogP contribution in [0.4, 0.5) is 5.69 Å². The summed E-state index contributed by atoms with van der Waals surface area (Å²) in [7, 11) is 0. The summed E-state index contributed by atoms with van der Waals surface area (Å²) in [4.78, 5) is 29.7. The van der Waals surface area contributed by atoms with Crippen LogP contribution in [0.15, 0.2) is 97.1 Å². The fourth-order valence-electron chi connectivity index (χ4n) is 5.79. The summed E-state index contributed by atoms with van der Waals surface area (Å²) in [6.45, 7) is 0.0308. The Hall–Kier alpha value is -5.11. The highest BCUT2D eigenvalue weighted by Gasteiger charge is 2.46. The Morgan fingerprint density at radius 1 is 0.875 bits per heavy atom. The molecule has 242 valence electrons. The van der Waals surface area contributed by atoms with Gasteiger partial charge in [-0.05, 0) is 48.5 Å². The Kier molecular flexibility index (Phi) is 8.42. The number of imidazole rings is 1. The summed E-state index contributed by atoms with van der Waals surface area (Å²) in [5.41, 5.74) is 9.25. The number of fused-ring (bicyclic) bond motifs is 1. The quantitative estimate of drug-likeness (QED) is 0.175. The number of ether oxygens (including phenoxy) is 1. The van der Waals surface area contributed by atoms with Gasteiger partial charge in [-0.2, -0.15) is 0 Å². The van der Waals surface area contributed by atoms with Gasteiger partial charge < -0.3 is 30.6 Å². The second-order valence-corrected chi connectivity index (χ2v) is 12.0. The van der Waals surface area contributed by atoms with E-state index in [4.69, 9.17) is 38.7 Å². The standard InChI is InChI=1S/C34H27Cl2N7O5/c35-22-15-24-25(16-23(22)36)42(32(39-24)19-11-13-21(14-12-19)38-33(47)20-9-5-2-6-10-20)17-26-29(44)30(45)34(48-26)43-28(18-7-3-1-4-8-18)27(31(37)46)40-41-43/h1-16,26,29-30,34,44-45H,17H2,(H2,37,46)(H,38,47)/t26-,29-,30-,34-/m1/s1. The number of nitrogens with two attached hydrogens (primary N) is 1. The Balaban J connectivity index is 1.22. The number of hydrogen-bond donors (Lipinski definition) is 4.